The number of ether oxygens (including phenoxy) is 1. The minimum absolute atomic E-state index is 0.0797. The molecule has 1 unspecified atom stereocenters. The number of nitrogens with zero attached hydrogens (tertiary/aromatic N) is 2. The number of rotatable bonds is 3. The van der Waals surface area contributed by atoms with Crippen molar-refractivity contribution in [2.75, 3.05) is 7.05 Å². The van der Waals surface area contributed by atoms with Crippen LogP contribution in [0, 0.1) is 13.8 Å². The van der Waals surface area contributed by atoms with Gasteiger partial charge in [0.25, 0.3) is 0 Å². The van der Waals surface area contributed by atoms with Crippen molar-refractivity contribution in [3.05, 3.63) is 17.0 Å². The summed E-state index contributed by atoms with van der Waals surface area (Å²) in [5, 5.41) is 7.99. The van der Waals surface area contributed by atoms with Gasteiger partial charge in [0, 0.05) is 24.2 Å². The van der Waals surface area contributed by atoms with Crippen molar-refractivity contribution in [1.82, 2.24) is 15.1 Å². The van der Waals surface area contributed by atoms with Gasteiger partial charge in [-0.05, 0) is 48.6 Å². The molecule has 1 fully saturated rings. The van der Waals surface area contributed by atoms with E-state index >= 15 is 0 Å². The van der Waals surface area contributed by atoms with Crippen LogP contribution in [-0.4, -0.2) is 28.0 Å². The molecule has 2 rings (SSSR count). The molecule has 1 N–H and O–H groups in total. The molecule has 0 aliphatic carbocycles. The third kappa shape index (κ3) is 2.56. The maximum absolute atomic E-state index is 6.19. The lowest BCUT2D eigenvalue weighted by molar-refractivity contribution is -0.0739. The van der Waals surface area contributed by atoms with Crippen molar-refractivity contribution in [2.24, 2.45) is 0 Å². The van der Waals surface area contributed by atoms with Crippen LogP contribution in [0.15, 0.2) is 0 Å². The summed E-state index contributed by atoms with van der Waals surface area (Å²) in [6.45, 7) is 13.8. The predicted octanol–water partition coefficient (Wildman–Crippen LogP) is 2.74. The smallest absolute Gasteiger partial charge is 0.0858 e. The fourth-order valence-electron chi connectivity index (χ4n) is 3.35. The summed E-state index contributed by atoms with van der Waals surface area (Å²) >= 11 is 0. The number of aromatic nitrogens is 2. The van der Waals surface area contributed by atoms with Gasteiger partial charge in [0.15, 0.2) is 0 Å². The van der Waals surface area contributed by atoms with Crippen molar-refractivity contribution in [2.45, 2.75) is 71.8 Å². The molecule has 1 aliphatic heterocycles. The molecule has 4 nitrogen and oxygen atoms in total. The maximum Gasteiger partial charge on any atom is 0.0858 e. The largest absolute Gasteiger partial charge is 0.367 e. The highest BCUT2D eigenvalue weighted by molar-refractivity contribution is 5.25. The van der Waals surface area contributed by atoms with Gasteiger partial charge in [-0.3, -0.25) is 4.68 Å². The van der Waals surface area contributed by atoms with E-state index in [1.165, 1.54) is 11.3 Å². The molecule has 0 bridgehead atoms. The standard InChI is InChI=1S/C15H27N3O/c1-10-12(9-16-7)11(2)18(17-10)13-8-14(3,4)19-15(13,5)6/h13,16H,8-9H2,1-7H3. The second kappa shape index (κ2) is 4.60. The molecule has 0 saturated carbocycles. The Kier molecular flexibility index (Phi) is 3.52. The fourth-order valence-corrected chi connectivity index (χ4v) is 3.35. The summed E-state index contributed by atoms with van der Waals surface area (Å²) < 4.78 is 8.37. The quantitative estimate of drug-likeness (QED) is 0.913. The third-order valence-electron chi connectivity index (χ3n) is 4.15. The van der Waals surface area contributed by atoms with Crippen LogP contribution in [-0.2, 0) is 11.3 Å². The number of hydrogen-bond donors (Lipinski definition) is 1. The SMILES string of the molecule is CNCc1c(C)nn(C2CC(C)(C)OC2(C)C)c1C. The summed E-state index contributed by atoms with van der Waals surface area (Å²) in [4.78, 5) is 0. The molecule has 0 radical (unpaired) electrons. The van der Waals surface area contributed by atoms with Crippen molar-refractivity contribution in [3.8, 4) is 0 Å². The Hall–Kier alpha value is -0.870. The van der Waals surface area contributed by atoms with Gasteiger partial charge in [0.05, 0.1) is 22.9 Å². The molecule has 108 valence electrons. The summed E-state index contributed by atoms with van der Waals surface area (Å²) in [6.07, 6.45) is 1.00. The number of nitrogens with one attached hydrogen (secondary N) is 1. The molecular weight excluding hydrogens is 238 g/mol. The third-order valence-corrected chi connectivity index (χ3v) is 4.15. The van der Waals surface area contributed by atoms with E-state index in [2.05, 4.69) is 51.5 Å². The highest BCUT2D eigenvalue weighted by Crippen LogP contribution is 2.45. The van der Waals surface area contributed by atoms with E-state index in [-0.39, 0.29) is 11.2 Å². The Labute approximate surface area is 116 Å². The molecule has 0 amide bonds. The Morgan fingerprint density at radius 3 is 2.42 bits per heavy atom. The highest BCUT2D eigenvalue weighted by Gasteiger charge is 2.47. The number of hydrogen-bond acceptors (Lipinski definition) is 3. The molecule has 4 heteroatoms. The monoisotopic (exact) mass is 265 g/mol. The first-order chi connectivity index (χ1) is 8.68. The van der Waals surface area contributed by atoms with E-state index < -0.39 is 0 Å². The van der Waals surface area contributed by atoms with E-state index in [0.29, 0.717) is 6.04 Å². The molecule has 1 aliphatic rings. The van der Waals surface area contributed by atoms with Crippen LogP contribution >= 0.6 is 0 Å². The summed E-state index contributed by atoms with van der Waals surface area (Å²) in [5.74, 6) is 0. The van der Waals surface area contributed by atoms with Gasteiger partial charge in [-0.2, -0.15) is 5.10 Å². The fraction of sp³-hybridized carbons (Fsp3) is 0.800. The van der Waals surface area contributed by atoms with Gasteiger partial charge in [0.2, 0.25) is 0 Å². The molecule has 19 heavy (non-hydrogen) atoms. The van der Waals surface area contributed by atoms with Gasteiger partial charge >= 0.3 is 0 Å². The average Bonchev–Trinajstić information content (AvgIpc) is 2.64. The van der Waals surface area contributed by atoms with Crippen molar-refractivity contribution < 1.29 is 4.74 Å². The van der Waals surface area contributed by atoms with Crippen LogP contribution in [0.2, 0.25) is 0 Å². The second-order valence-electron chi connectivity index (χ2n) is 6.81. The molecule has 1 saturated heterocycles. The first kappa shape index (κ1) is 14.5. The van der Waals surface area contributed by atoms with Crippen molar-refractivity contribution in [3.63, 3.8) is 0 Å². The van der Waals surface area contributed by atoms with E-state index in [4.69, 9.17) is 9.84 Å². The van der Waals surface area contributed by atoms with Gasteiger partial charge in [-0.15, -0.1) is 0 Å². The molecule has 1 atom stereocenters. The summed E-state index contributed by atoms with van der Waals surface area (Å²) in [5.41, 5.74) is 3.43. The molecule has 1 aromatic rings. The zero-order valence-electron chi connectivity index (χ0n) is 13.3. The molecule has 2 heterocycles. The Morgan fingerprint density at radius 2 is 1.95 bits per heavy atom. The molecule has 0 aromatic carbocycles. The van der Waals surface area contributed by atoms with Gasteiger partial charge < -0.3 is 10.1 Å². The second-order valence-corrected chi connectivity index (χ2v) is 6.81. The summed E-state index contributed by atoms with van der Waals surface area (Å²) in [6, 6.07) is 0.298. The van der Waals surface area contributed by atoms with E-state index in [1.54, 1.807) is 0 Å². The first-order valence-corrected chi connectivity index (χ1v) is 7.07. The van der Waals surface area contributed by atoms with Gasteiger partial charge in [0.1, 0.15) is 0 Å². The van der Waals surface area contributed by atoms with Crippen LogP contribution in [0.3, 0.4) is 0 Å². The lowest BCUT2D eigenvalue weighted by atomic mass is 9.94. The lowest BCUT2D eigenvalue weighted by Crippen LogP contribution is -2.32. The predicted molar refractivity (Wildman–Crippen MR) is 77.4 cm³/mol. The maximum atomic E-state index is 6.19. The van der Waals surface area contributed by atoms with E-state index in [0.717, 1.165) is 18.7 Å². The molecule has 0 spiro atoms. The van der Waals surface area contributed by atoms with Crippen LogP contribution in [0.25, 0.3) is 0 Å². The minimum Gasteiger partial charge on any atom is -0.367 e. The Balaban J connectivity index is 2.40. The highest BCUT2D eigenvalue weighted by atomic mass is 16.5. The Morgan fingerprint density at radius 1 is 1.32 bits per heavy atom. The zero-order valence-corrected chi connectivity index (χ0v) is 13.3. The van der Waals surface area contributed by atoms with Gasteiger partial charge in [-0.1, -0.05) is 0 Å². The zero-order chi connectivity index (χ0) is 14.4. The Bertz CT molecular complexity index is 474. The van der Waals surface area contributed by atoms with E-state index in [9.17, 15) is 0 Å². The lowest BCUT2D eigenvalue weighted by Gasteiger charge is -2.28. The molecule has 1 aromatic heterocycles. The summed E-state index contributed by atoms with van der Waals surface area (Å²) in [7, 11) is 1.97. The van der Waals surface area contributed by atoms with Crippen LogP contribution < -0.4 is 5.32 Å². The first-order valence-electron chi connectivity index (χ1n) is 7.07. The van der Waals surface area contributed by atoms with Crippen molar-refractivity contribution >= 4 is 0 Å². The van der Waals surface area contributed by atoms with E-state index in [1.807, 2.05) is 7.05 Å². The van der Waals surface area contributed by atoms with Crippen LogP contribution in [0.4, 0.5) is 0 Å². The topological polar surface area (TPSA) is 39.1 Å². The van der Waals surface area contributed by atoms with Crippen LogP contribution in [0.5, 0.6) is 0 Å². The van der Waals surface area contributed by atoms with Crippen molar-refractivity contribution in [1.29, 1.82) is 0 Å². The van der Waals surface area contributed by atoms with Crippen LogP contribution in [0.1, 0.15) is 57.1 Å². The normalized spacial score (nSPS) is 24.9. The van der Waals surface area contributed by atoms with Gasteiger partial charge in [-0.25, -0.2) is 0 Å². The number of aryl methyl sites for hydroxylation is 1. The minimum atomic E-state index is -0.177. The average molecular weight is 265 g/mol. The molecular formula is C15H27N3O.